The van der Waals surface area contributed by atoms with Gasteiger partial charge in [0.2, 0.25) is 11.8 Å². The zero-order chi connectivity index (χ0) is 13.4. The van der Waals surface area contributed by atoms with Gasteiger partial charge in [-0.3, -0.25) is 19.3 Å². The molecule has 1 rings (SSSR count). The lowest BCUT2D eigenvalue weighted by Crippen LogP contribution is -2.52. The standard InChI is InChI=1S/C9H10F3NO4/c1-8(7(16)17,9(10,11)12)4-13-5(14)2-3-6(13)15/h2-4H2,1H3,(H,16,17). The highest BCUT2D eigenvalue weighted by Crippen LogP contribution is 2.39. The molecule has 0 aromatic heterocycles. The van der Waals surface area contributed by atoms with Crippen molar-refractivity contribution in [3.05, 3.63) is 0 Å². The Morgan fingerprint density at radius 2 is 1.71 bits per heavy atom. The number of rotatable bonds is 3. The van der Waals surface area contributed by atoms with E-state index >= 15 is 0 Å². The summed E-state index contributed by atoms with van der Waals surface area (Å²) in [5, 5.41) is 8.63. The minimum Gasteiger partial charge on any atom is -0.481 e. The number of carbonyl (C=O) groups is 3. The number of imide groups is 1. The van der Waals surface area contributed by atoms with E-state index in [-0.39, 0.29) is 12.8 Å². The minimum atomic E-state index is -5.04. The van der Waals surface area contributed by atoms with Gasteiger partial charge < -0.3 is 5.11 Å². The molecule has 8 heteroatoms. The van der Waals surface area contributed by atoms with E-state index in [0.717, 1.165) is 0 Å². The summed E-state index contributed by atoms with van der Waals surface area (Å²) in [5.74, 6) is -3.66. The van der Waals surface area contributed by atoms with E-state index in [1.807, 2.05) is 0 Å². The molecule has 17 heavy (non-hydrogen) atoms. The lowest BCUT2D eigenvalue weighted by molar-refractivity contribution is -0.229. The van der Waals surface area contributed by atoms with E-state index in [0.29, 0.717) is 11.8 Å². The molecule has 0 aromatic carbocycles. The SMILES string of the molecule is CC(CN1C(=O)CCC1=O)(C(=O)O)C(F)(F)F. The second-order valence-corrected chi connectivity index (χ2v) is 4.01. The van der Waals surface area contributed by atoms with Crippen LogP contribution in [0.2, 0.25) is 0 Å². The van der Waals surface area contributed by atoms with Crippen molar-refractivity contribution in [1.82, 2.24) is 4.90 Å². The molecule has 1 fully saturated rings. The maximum atomic E-state index is 12.6. The van der Waals surface area contributed by atoms with Crippen LogP contribution in [-0.2, 0) is 14.4 Å². The average Bonchev–Trinajstić information content (AvgIpc) is 2.47. The first-order valence-corrected chi connectivity index (χ1v) is 4.73. The molecule has 1 heterocycles. The van der Waals surface area contributed by atoms with E-state index in [9.17, 15) is 27.6 Å². The predicted molar refractivity (Wildman–Crippen MR) is 47.8 cm³/mol. The van der Waals surface area contributed by atoms with E-state index in [1.54, 1.807) is 0 Å². The van der Waals surface area contributed by atoms with Gasteiger partial charge in [0.1, 0.15) is 0 Å². The van der Waals surface area contributed by atoms with E-state index < -0.39 is 35.9 Å². The number of amides is 2. The number of nitrogens with zero attached hydrogens (tertiary/aromatic N) is 1. The first kappa shape index (κ1) is 13.5. The topological polar surface area (TPSA) is 74.7 Å². The Bertz CT molecular complexity index is 363. The first-order chi connectivity index (χ1) is 7.59. The smallest absolute Gasteiger partial charge is 0.406 e. The Kier molecular flexibility index (Phi) is 3.17. The summed E-state index contributed by atoms with van der Waals surface area (Å²) in [6, 6.07) is 0. The summed E-state index contributed by atoms with van der Waals surface area (Å²) < 4.78 is 37.9. The summed E-state index contributed by atoms with van der Waals surface area (Å²) in [6.07, 6.45) is -5.39. The Hall–Kier alpha value is -1.60. The quantitative estimate of drug-likeness (QED) is 0.754. The van der Waals surface area contributed by atoms with Gasteiger partial charge in [-0.2, -0.15) is 13.2 Å². The molecule has 1 aliphatic rings. The van der Waals surface area contributed by atoms with Crippen molar-refractivity contribution < 1.29 is 32.7 Å². The number of carboxylic acids is 1. The van der Waals surface area contributed by atoms with Gasteiger partial charge in [0.15, 0.2) is 5.41 Å². The van der Waals surface area contributed by atoms with Crippen LogP contribution in [0.25, 0.3) is 0 Å². The fraction of sp³-hybridized carbons (Fsp3) is 0.667. The molecule has 0 saturated carbocycles. The normalized spacial score (nSPS) is 20.6. The van der Waals surface area contributed by atoms with Gasteiger partial charge in [0.25, 0.3) is 0 Å². The number of alkyl halides is 3. The number of aliphatic carboxylic acids is 1. The molecule has 0 aliphatic carbocycles. The van der Waals surface area contributed by atoms with Crippen LogP contribution in [0.3, 0.4) is 0 Å². The Labute approximate surface area is 94.2 Å². The molecular formula is C9H10F3NO4. The molecule has 5 nitrogen and oxygen atoms in total. The molecule has 96 valence electrons. The summed E-state index contributed by atoms with van der Waals surface area (Å²) in [7, 11) is 0. The number of halogens is 3. The van der Waals surface area contributed by atoms with Gasteiger partial charge >= 0.3 is 12.1 Å². The largest absolute Gasteiger partial charge is 0.481 e. The van der Waals surface area contributed by atoms with E-state index in [1.165, 1.54) is 0 Å². The van der Waals surface area contributed by atoms with Crippen molar-refractivity contribution in [2.75, 3.05) is 6.54 Å². The summed E-state index contributed by atoms with van der Waals surface area (Å²) in [6.45, 7) is -0.724. The third-order valence-electron chi connectivity index (χ3n) is 2.73. The molecule has 2 amide bonds. The Morgan fingerprint density at radius 3 is 2.00 bits per heavy atom. The first-order valence-electron chi connectivity index (χ1n) is 4.73. The number of likely N-dealkylation sites (tertiary alicyclic amines) is 1. The molecule has 1 atom stereocenters. The molecule has 1 unspecified atom stereocenters. The highest BCUT2D eigenvalue weighted by Gasteiger charge is 2.59. The monoisotopic (exact) mass is 253 g/mol. The molecular weight excluding hydrogens is 243 g/mol. The van der Waals surface area contributed by atoms with E-state index in [4.69, 9.17) is 5.11 Å². The van der Waals surface area contributed by atoms with Gasteiger partial charge in [0, 0.05) is 12.8 Å². The fourth-order valence-electron chi connectivity index (χ4n) is 1.39. The Morgan fingerprint density at radius 1 is 1.29 bits per heavy atom. The van der Waals surface area contributed by atoms with Gasteiger partial charge in [-0.25, -0.2) is 0 Å². The minimum absolute atomic E-state index is 0.174. The average molecular weight is 253 g/mol. The van der Waals surface area contributed by atoms with Crippen molar-refractivity contribution in [3.8, 4) is 0 Å². The zero-order valence-corrected chi connectivity index (χ0v) is 8.87. The molecule has 0 radical (unpaired) electrons. The Balaban J connectivity index is 3.00. The zero-order valence-electron chi connectivity index (χ0n) is 8.87. The van der Waals surface area contributed by atoms with Crippen LogP contribution in [0.15, 0.2) is 0 Å². The van der Waals surface area contributed by atoms with Crippen molar-refractivity contribution >= 4 is 17.8 Å². The van der Waals surface area contributed by atoms with Gasteiger partial charge in [-0.05, 0) is 6.92 Å². The third kappa shape index (κ3) is 2.25. The van der Waals surface area contributed by atoms with E-state index in [2.05, 4.69) is 0 Å². The van der Waals surface area contributed by atoms with Crippen LogP contribution in [0, 0.1) is 5.41 Å². The van der Waals surface area contributed by atoms with Crippen molar-refractivity contribution in [2.24, 2.45) is 5.41 Å². The number of hydrogen-bond donors (Lipinski definition) is 1. The van der Waals surface area contributed by atoms with Crippen molar-refractivity contribution in [3.63, 3.8) is 0 Å². The number of hydrogen-bond acceptors (Lipinski definition) is 3. The van der Waals surface area contributed by atoms with Gasteiger partial charge in [-0.1, -0.05) is 0 Å². The van der Waals surface area contributed by atoms with Crippen molar-refractivity contribution in [1.29, 1.82) is 0 Å². The summed E-state index contributed by atoms with van der Waals surface area (Å²) in [4.78, 5) is 33.4. The van der Waals surface area contributed by atoms with Crippen LogP contribution < -0.4 is 0 Å². The molecule has 0 aromatic rings. The van der Waals surface area contributed by atoms with Gasteiger partial charge in [-0.15, -0.1) is 0 Å². The maximum Gasteiger partial charge on any atom is 0.406 e. The molecule has 0 spiro atoms. The lowest BCUT2D eigenvalue weighted by atomic mass is 9.89. The van der Waals surface area contributed by atoms with Crippen LogP contribution in [0.4, 0.5) is 13.2 Å². The molecule has 1 aliphatic heterocycles. The third-order valence-corrected chi connectivity index (χ3v) is 2.73. The summed E-state index contributed by atoms with van der Waals surface area (Å²) in [5.41, 5.74) is -3.14. The summed E-state index contributed by atoms with van der Waals surface area (Å²) >= 11 is 0. The predicted octanol–water partition coefficient (Wildman–Crippen LogP) is 0.789. The van der Waals surface area contributed by atoms with Crippen molar-refractivity contribution in [2.45, 2.75) is 25.9 Å². The fourth-order valence-corrected chi connectivity index (χ4v) is 1.39. The lowest BCUT2D eigenvalue weighted by Gasteiger charge is -2.30. The second-order valence-electron chi connectivity index (χ2n) is 4.01. The molecule has 1 N–H and O–H groups in total. The van der Waals surface area contributed by atoms with Crippen LogP contribution >= 0.6 is 0 Å². The van der Waals surface area contributed by atoms with Crippen LogP contribution in [0.5, 0.6) is 0 Å². The van der Waals surface area contributed by atoms with Gasteiger partial charge in [0.05, 0.1) is 6.54 Å². The second kappa shape index (κ2) is 4.01. The van der Waals surface area contributed by atoms with Crippen LogP contribution in [-0.4, -0.2) is 40.5 Å². The maximum absolute atomic E-state index is 12.6. The molecule has 0 bridgehead atoms. The number of carboxylic acid groups (broad SMARTS) is 1. The number of carbonyl (C=O) groups excluding carboxylic acids is 2. The molecule has 1 saturated heterocycles. The highest BCUT2D eigenvalue weighted by molar-refractivity contribution is 6.02. The van der Waals surface area contributed by atoms with Crippen LogP contribution in [0.1, 0.15) is 19.8 Å². The highest BCUT2D eigenvalue weighted by atomic mass is 19.4.